The molecule has 0 saturated heterocycles. The second-order valence-corrected chi connectivity index (χ2v) is 4.46. The number of carboxylic acid groups (broad SMARTS) is 1. The molecule has 0 aliphatic rings. The van der Waals surface area contributed by atoms with Crippen LogP contribution < -0.4 is 5.32 Å². The topological polar surface area (TPSA) is 79.3 Å². The number of carboxylic acids is 1. The van der Waals surface area contributed by atoms with Crippen molar-refractivity contribution in [3.05, 3.63) is 30.1 Å². The summed E-state index contributed by atoms with van der Waals surface area (Å²) >= 11 is 0. The molecule has 19 heavy (non-hydrogen) atoms. The van der Waals surface area contributed by atoms with Gasteiger partial charge in [-0.1, -0.05) is 6.92 Å². The van der Waals surface area contributed by atoms with E-state index in [9.17, 15) is 14.7 Å². The van der Waals surface area contributed by atoms with Gasteiger partial charge >= 0.3 is 5.97 Å². The first-order chi connectivity index (χ1) is 9.06. The van der Waals surface area contributed by atoms with Crippen molar-refractivity contribution < 1.29 is 14.7 Å². The van der Waals surface area contributed by atoms with E-state index in [2.05, 4.69) is 10.3 Å². The molecule has 1 rings (SSSR count). The summed E-state index contributed by atoms with van der Waals surface area (Å²) in [5, 5.41) is 12.0. The van der Waals surface area contributed by atoms with Crippen LogP contribution in [-0.4, -0.2) is 28.5 Å². The summed E-state index contributed by atoms with van der Waals surface area (Å²) in [6.45, 7) is 3.95. The lowest BCUT2D eigenvalue weighted by atomic mass is 9.78. The Morgan fingerprint density at radius 1 is 1.32 bits per heavy atom. The minimum absolute atomic E-state index is 0.277. The summed E-state index contributed by atoms with van der Waals surface area (Å²) in [4.78, 5) is 27.5. The number of aromatic nitrogens is 1. The lowest BCUT2D eigenvalue weighted by Gasteiger charge is -2.26. The summed E-state index contributed by atoms with van der Waals surface area (Å²) in [5.41, 5.74) is -0.363. The molecule has 0 fully saturated rings. The monoisotopic (exact) mass is 264 g/mol. The van der Waals surface area contributed by atoms with E-state index >= 15 is 0 Å². The summed E-state index contributed by atoms with van der Waals surface area (Å²) < 4.78 is 0. The molecule has 1 unspecified atom stereocenters. The molecule has 2 N–H and O–H groups in total. The number of nitrogens with one attached hydrogen (secondary N) is 1. The van der Waals surface area contributed by atoms with Gasteiger partial charge in [-0.2, -0.15) is 0 Å². The highest BCUT2D eigenvalue weighted by molar-refractivity contribution is 6.01. The first-order valence-electron chi connectivity index (χ1n) is 6.47. The minimum atomic E-state index is -1.35. The highest BCUT2D eigenvalue weighted by Gasteiger charge is 2.43. The number of carbonyl (C=O) groups excluding carboxylic acids is 1. The zero-order valence-corrected chi connectivity index (χ0v) is 11.3. The summed E-state index contributed by atoms with van der Waals surface area (Å²) in [6.07, 6.45) is 4.43. The maximum atomic E-state index is 12.1. The molecule has 0 aromatic carbocycles. The van der Waals surface area contributed by atoms with Crippen molar-refractivity contribution in [1.82, 2.24) is 10.3 Å². The van der Waals surface area contributed by atoms with E-state index in [0.717, 1.165) is 5.56 Å². The number of aliphatic carboxylic acids is 1. The van der Waals surface area contributed by atoms with Crippen LogP contribution in [0.4, 0.5) is 0 Å². The van der Waals surface area contributed by atoms with Crippen LogP contribution in [-0.2, 0) is 16.0 Å². The minimum Gasteiger partial charge on any atom is -0.480 e. The third-order valence-corrected chi connectivity index (χ3v) is 3.37. The van der Waals surface area contributed by atoms with Crippen molar-refractivity contribution in [2.24, 2.45) is 5.41 Å². The zero-order chi connectivity index (χ0) is 14.3. The largest absolute Gasteiger partial charge is 0.480 e. The van der Waals surface area contributed by atoms with Crippen LogP contribution in [0.2, 0.25) is 0 Å². The molecular formula is C14H20N2O3. The van der Waals surface area contributed by atoms with Crippen LogP contribution in [0.15, 0.2) is 24.5 Å². The summed E-state index contributed by atoms with van der Waals surface area (Å²) in [5.74, 6) is -1.46. The van der Waals surface area contributed by atoms with Crippen LogP contribution in [0.25, 0.3) is 0 Å². The lowest BCUT2D eigenvalue weighted by Crippen LogP contribution is -2.46. The summed E-state index contributed by atoms with van der Waals surface area (Å²) in [6, 6.07) is 3.67. The van der Waals surface area contributed by atoms with Gasteiger partial charge in [0.25, 0.3) is 0 Å². The molecule has 0 aliphatic carbocycles. The van der Waals surface area contributed by atoms with Crippen LogP contribution in [0.3, 0.4) is 0 Å². The molecule has 0 aliphatic heterocycles. The standard InChI is InChI=1S/C14H20N2O3/c1-3-14(13(18)19,12(17)16-4-2)8-5-11-6-9-15-10-7-11/h6-7,9-10H,3-5,8H2,1-2H3,(H,16,17)(H,18,19). The maximum Gasteiger partial charge on any atom is 0.319 e. The molecule has 0 radical (unpaired) electrons. The number of amides is 1. The molecule has 5 heteroatoms. The molecule has 1 heterocycles. The number of nitrogens with zero attached hydrogens (tertiary/aromatic N) is 1. The van der Waals surface area contributed by atoms with Gasteiger partial charge in [0.05, 0.1) is 0 Å². The lowest BCUT2D eigenvalue weighted by molar-refractivity contribution is -0.156. The van der Waals surface area contributed by atoms with Crippen molar-refractivity contribution in [2.45, 2.75) is 33.1 Å². The van der Waals surface area contributed by atoms with Crippen LogP contribution in [0.5, 0.6) is 0 Å². The molecule has 0 saturated carbocycles. The number of pyridine rings is 1. The van der Waals surface area contributed by atoms with E-state index in [1.807, 2.05) is 12.1 Å². The van der Waals surface area contributed by atoms with Crippen molar-refractivity contribution in [3.8, 4) is 0 Å². The first kappa shape index (κ1) is 15.1. The third-order valence-electron chi connectivity index (χ3n) is 3.37. The summed E-state index contributed by atoms with van der Waals surface area (Å²) in [7, 11) is 0. The Balaban J connectivity index is 2.86. The van der Waals surface area contributed by atoms with Crippen molar-refractivity contribution in [3.63, 3.8) is 0 Å². The Morgan fingerprint density at radius 2 is 1.95 bits per heavy atom. The van der Waals surface area contributed by atoms with Crippen molar-refractivity contribution in [1.29, 1.82) is 0 Å². The molecule has 0 spiro atoms. The van der Waals surface area contributed by atoms with Crippen LogP contribution in [0, 0.1) is 5.41 Å². The van der Waals surface area contributed by atoms with Gasteiger partial charge in [-0.05, 0) is 43.9 Å². The molecule has 1 amide bonds. The molecule has 1 atom stereocenters. The fraction of sp³-hybridized carbons (Fsp3) is 0.500. The number of hydrogen-bond donors (Lipinski definition) is 2. The fourth-order valence-corrected chi connectivity index (χ4v) is 2.04. The Kier molecular flexibility index (Phi) is 5.48. The van der Waals surface area contributed by atoms with E-state index in [1.54, 1.807) is 26.2 Å². The second-order valence-electron chi connectivity index (χ2n) is 4.46. The molecule has 104 valence electrons. The molecule has 5 nitrogen and oxygen atoms in total. The van der Waals surface area contributed by atoms with Crippen LogP contribution >= 0.6 is 0 Å². The predicted molar refractivity (Wildman–Crippen MR) is 71.6 cm³/mol. The van der Waals surface area contributed by atoms with E-state index in [1.165, 1.54) is 0 Å². The second kappa shape index (κ2) is 6.87. The fourth-order valence-electron chi connectivity index (χ4n) is 2.04. The average Bonchev–Trinajstić information content (AvgIpc) is 2.41. The highest BCUT2D eigenvalue weighted by atomic mass is 16.4. The number of hydrogen-bond acceptors (Lipinski definition) is 3. The van der Waals surface area contributed by atoms with Gasteiger partial charge in [-0.15, -0.1) is 0 Å². The van der Waals surface area contributed by atoms with E-state index in [-0.39, 0.29) is 12.8 Å². The number of rotatable bonds is 7. The van der Waals surface area contributed by atoms with Gasteiger partial charge in [0, 0.05) is 18.9 Å². The Hall–Kier alpha value is -1.91. The Morgan fingerprint density at radius 3 is 2.42 bits per heavy atom. The maximum absolute atomic E-state index is 12.1. The van der Waals surface area contributed by atoms with E-state index in [4.69, 9.17) is 0 Å². The quantitative estimate of drug-likeness (QED) is 0.734. The normalized spacial score (nSPS) is 13.6. The number of aryl methyl sites for hydroxylation is 1. The van der Waals surface area contributed by atoms with Crippen LogP contribution in [0.1, 0.15) is 32.3 Å². The van der Waals surface area contributed by atoms with Gasteiger partial charge in [0.1, 0.15) is 5.41 Å². The third kappa shape index (κ3) is 3.53. The van der Waals surface area contributed by atoms with Gasteiger partial charge in [-0.3, -0.25) is 14.6 Å². The van der Waals surface area contributed by atoms with Gasteiger partial charge < -0.3 is 10.4 Å². The SMILES string of the molecule is CCNC(=O)C(CC)(CCc1ccncc1)C(=O)O. The zero-order valence-electron chi connectivity index (χ0n) is 11.3. The van der Waals surface area contributed by atoms with Gasteiger partial charge in [0.2, 0.25) is 5.91 Å². The average molecular weight is 264 g/mol. The predicted octanol–water partition coefficient (Wildman–Crippen LogP) is 1.63. The van der Waals surface area contributed by atoms with Crippen molar-refractivity contribution in [2.75, 3.05) is 6.54 Å². The van der Waals surface area contributed by atoms with Gasteiger partial charge in [-0.25, -0.2) is 0 Å². The molecular weight excluding hydrogens is 244 g/mol. The van der Waals surface area contributed by atoms with E-state index in [0.29, 0.717) is 13.0 Å². The Bertz CT molecular complexity index is 434. The van der Waals surface area contributed by atoms with Crippen molar-refractivity contribution >= 4 is 11.9 Å². The smallest absolute Gasteiger partial charge is 0.319 e. The Labute approximate surface area is 113 Å². The van der Waals surface area contributed by atoms with Gasteiger partial charge in [0.15, 0.2) is 0 Å². The van der Waals surface area contributed by atoms with E-state index < -0.39 is 17.3 Å². The molecule has 0 bridgehead atoms. The molecule has 1 aromatic heterocycles. The highest BCUT2D eigenvalue weighted by Crippen LogP contribution is 2.29. The number of carbonyl (C=O) groups is 2. The molecule has 1 aromatic rings. The first-order valence-corrected chi connectivity index (χ1v) is 6.47.